The molecule has 1 saturated carbocycles. The highest BCUT2D eigenvalue weighted by Crippen LogP contribution is 2.41. The molecule has 1 aromatic carbocycles. The van der Waals surface area contributed by atoms with E-state index in [1.165, 1.54) is 0 Å². The number of aliphatic carboxylic acids is 1. The van der Waals surface area contributed by atoms with Gasteiger partial charge in [0.15, 0.2) is 0 Å². The van der Waals surface area contributed by atoms with Crippen LogP contribution in [0.1, 0.15) is 56.3 Å². The summed E-state index contributed by atoms with van der Waals surface area (Å²) in [6.45, 7) is 3.71. The summed E-state index contributed by atoms with van der Waals surface area (Å²) in [5, 5.41) is 15.0. The largest absolute Gasteiger partial charge is 0.481 e. The molecule has 0 unspecified atom stereocenters. The lowest BCUT2D eigenvalue weighted by Gasteiger charge is -2.23. The van der Waals surface area contributed by atoms with Crippen molar-refractivity contribution in [3.05, 3.63) is 29.8 Å². The summed E-state index contributed by atoms with van der Waals surface area (Å²) in [7, 11) is 0. The Morgan fingerprint density at radius 2 is 1.79 bits per heavy atom. The molecule has 0 radical (unpaired) electrons. The minimum absolute atomic E-state index is 0.0185. The lowest BCUT2D eigenvalue weighted by atomic mass is 9.82. The smallest absolute Gasteiger partial charge is 0.310 e. The maximum Gasteiger partial charge on any atom is 0.310 e. The van der Waals surface area contributed by atoms with Gasteiger partial charge in [0.05, 0.1) is 16.7 Å². The molecule has 0 bridgehead atoms. The third kappa shape index (κ3) is 4.13. The fraction of sp³-hybridized carbons (Fsp3) is 0.500. The number of benzene rings is 1. The van der Waals surface area contributed by atoms with Crippen molar-refractivity contribution < 1.29 is 19.5 Å². The molecule has 3 N–H and O–H groups in total. The molecule has 0 aliphatic heterocycles. The van der Waals surface area contributed by atoms with Crippen molar-refractivity contribution in [2.75, 3.05) is 5.32 Å². The summed E-state index contributed by atoms with van der Waals surface area (Å²) in [6, 6.07) is 6.71. The Labute approximate surface area is 141 Å². The van der Waals surface area contributed by atoms with Crippen LogP contribution in [0, 0.1) is 5.41 Å². The van der Waals surface area contributed by atoms with Gasteiger partial charge in [-0.05, 0) is 38.8 Å². The molecule has 1 aliphatic rings. The molecule has 6 heteroatoms. The lowest BCUT2D eigenvalue weighted by molar-refractivity contribution is -0.150. The van der Waals surface area contributed by atoms with E-state index in [1.54, 1.807) is 24.3 Å². The monoisotopic (exact) mass is 332 g/mol. The number of anilines is 1. The van der Waals surface area contributed by atoms with Gasteiger partial charge in [-0.15, -0.1) is 0 Å². The van der Waals surface area contributed by atoms with E-state index in [2.05, 4.69) is 10.6 Å². The second-order valence-electron chi connectivity index (χ2n) is 6.69. The number of carboxylic acids is 1. The average Bonchev–Trinajstić information content (AvgIpc) is 2.96. The Morgan fingerprint density at radius 1 is 1.17 bits per heavy atom. The molecule has 2 amide bonds. The molecule has 0 saturated heterocycles. The van der Waals surface area contributed by atoms with Crippen LogP contribution in [0.4, 0.5) is 5.69 Å². The van der Waals surface area contributed by atoms with E-state index in [1.807, 2.05) is 13.8 Å². The summed E-state index contributed by atoms with van der Waals surface area (Å²) in [5.74, 6) is -1.56. The first-order chi connectivity index (χ1) is 11.3. The molecule has 0 aromatic heterocycles. The maximum absolute atomic E-state index is 12.4. The van der Waals surface area contributed by atoms with E-state index in [9.17, 15) is 19.5 Å². The highest BCUT2D eigenvalue weighted by molar-refractivity contribution is 6.04. The summed E-state index contributed by atoms with van der Waals surface area (Å²) in [5.41, 5.74) is -0.200. The number of hydrogen-bond donors (Lipinski definition) is 3. The van der Waals surface area contributed by atoms with Gasteiger partial charge in [-0.2, -0.15) is 0 Å². The van der Waals surface area contributed by atoms with Crippen molar-refractivity contribution in [1.82, 2.24) is 5.32 Å². The zero-order valence-electron chi connectivity index (χ0n) is 14.1. The number of hydrogen-bond acceptors (Lipinski definition) is 3. The van der Waals surface area contributed by atoms with Crippen LogP contribution in [0.25, 0.3) is 0 Å². The second-order valence-corrected chi connectivity index (χ2v) is 6.69. The highest BCUT2D eigenvalue weighted by atomic mass is 16.4. The van der Waals surface area contributed by atoms with E-state index >= 15 is 0 Å². The van der Waals surface area contributed by atoms with Crippen LogP contribution in [0.5, 0.6) is 0 Å². The van der Waals surface area contributed by atoms with E-state index < -0.39 is 11.4 Å². The molecule has 24 heavy (non-hydrogen) atoms. The van der Waals surface area contributed by atoms with Gasteiger partial charge in [0, 0.05) is 12.5 Å². The maximum atomic E-state index is 12.4. The van der Waals surface area contributed by atoms with Crippen LogP contribution in [-0.4, -0.2) is 28.9 Å². The van der Waals surface area contributed by atoms with Crippen LogP contribution in [-0.2, 0) is 9.59 Å². The van der Waals surface area contributed by atoms with Crippen LogP contribution in [0.15, 0.2) is 24.3 Å². The molecular formula is C18H24N2O4. The van der Waals surface area contributed by atoms with Crippen LogP contribution < -0.4 is 10.6 Å². The molecule has 0 heterocycles. The normalized spacial score (nSPS) is 16.0. The molecule has 1 fully saturated rings. The van der Waals surface area contributed by atoms with Gasteiger partial charge in [0.1, 0.15) is 0 Å². The SMILES string of the molecule is CC(C)NC(=O)c1ccccc1NC(=O)CC1(C(=O)O)CCCC1. The fourth-order valence-corrected chi connectivity index (χ4v) is 3.15. The summed E-state index contributed by atoms with van der Waals surface area (Å²) < 4.78 is 0. The third-order valence-electron chi connectivity index (χ3n) is 4.38. The molecular weight excluding hydrogens is 308 g/mol. The van der Waals surface area contributed by atoms with Crippen LogP contribution in [0.2, 0.25) is 0 Å². The standard InChI is InChI=1S/C18H24N2O4/c1-12(2)19-16(22)13-7-3-4-8-14(13)20-15(21)11-18(17(23)24)9-5-6-10-18/h3-4,7-8,12H,5-6,9-11H2,1-2H3,(H,19,22)(H,20,21)(H,23,24). The average molecular weight is 332 g/mol. The molecule has 2 rings (SSSR count). The zero-order chi connectivity index (χ0) is 17.7. The van der Waals surface area contributed by atoms with Crippen molar-refractivity contribution in [1.29, 1.82) is 0 Å². The Balaban J connectivity index is 2.12. The fourth-order valence-electron chi connectivity index (χ4n) is 3.15. The van der Waals surface area contributed by atoms with Gasteiger partial charge in [0.25, 0.3) is 5.91 Å². The van der Waals surface area contributed by atoms with Crippen molar-refractivity contribution >= 4 is 23.5 Å². The topological polar surface area (TPSA) is 95.5 Å². The van der Waals surface area contributed by atoms with Crippen LogP contribution in [0.3, 0.4) is 0 Å². The first kappa shape index (κ1) is 18.0. The summed E-state index contributed by atoms with van der Waals surface area (Å²) in [4.78, 5) is 36.1. The first-order valence-corrected chi connectivity index (χ1v) is 8.27. The summed E-state index contributed by atoms with van der Waals surface area (Å²) >= 11 is 0. The predicted octanol–water partition coefficient (Wildman–Crippen LogP) is 2.80. The Kier molecular flexibility index (Phi) is 5.59. The van der Waals surface area contributed by atoms with Gasteiger partial charge < -0.3 is 15.7 Å². The molecule has 1 aliphatic carbocycles. The van der Waals surface area contributed by atoms with Crippen LogP contribution >= 0.6 is 0 Å². The van der Waals surface area contributed by atoms with E-state index in [0.717, 1.165) is 12.8 Å². The number of para-hydroxylation sites is 1. The Morgan fingerprint density at radius 3 is 2.38 bits per heavy atom. The highest BCUT2D eigenvalue weighted by Gasteiger charge is 2.43. The van der Waals surface area contributed by atoms with Gasteiger partial charge in [-0.25, -0.2) is 0 Å². The van der Waals surface area contributed by atoms with Crippen molar-refractivity contribution in [3.63, 3.8) is 0 Å². The van der Waals surface area contributed by atoms with Gasteiger partial charge in [0.2, 0.25) is 5.91 Å². The minimum atomic E-state index is -0.973. The van der Waals surface area contributed by atoms with Gasteiger partial charge in [-0.3, -0.25) is 14.4 Å². The molecule has 0 atom stereocenters. The number of rotatable bonds is 6. The molecule has 6 nitrogen and oxygen atoms in total. The van der Waals surface area contributed by atoms with E-state index in [-0.39, 0.29) is 24.3 Å². The molecule has 130 valence electrons. The van der Waals surface area contributed by atoms with Gasteiger partial charge >= 0.3 is 5.97 Å². The second kappa shape index (κ2) is 7.47. The van der Waals surface area contributed by atoms with Crippen molar-refractivity contribution in [3.8, 4) is 0 Å². The quantitative estimate of drug-likeness (QED) is 0.746. The van der Waals surface area contributed by atoms with E-state index in [0.29, 0.717) is 24.1 Å². The lowest BCUT2D eigenvalue weighted by Crippen LogP contribution is -2.34. The minimum Gasteiger partial charge on any atom is -0.481 e. The summed E-state index contributed by atoms with van der Waals surface area (Å²) in [6.07, 6.45) is 2.62. The van der Waals surface area contributed by atoms with E-state index in [4.69, 9.17) is 0 Å². The number of amides is 2. The first-order valence-electron chi connectivity index (χ1n) is 8.27. The number of carbonyl (C=O) groups excluding carboxylic acids is 2. The third-order valence-corrected chi connectivity index (χ3v) is 4.38. The molecule has 1 aromatic rings. The predicted molar refractivity (Wildman–Crippen MR) is 90.8 cm³/mol. The molecule has 0 spiro atoms. The van der Waals surface area contributed by atoms with Crippen molar-refractivity contribution in [2.24, 2.45) is 5.41 Å². The number of carboxylic acid groups (broad SMARTS) is 1. The number of carbonyl (C=O) groups is 3. The number of nitrogens with one attached hydrogen (secondary N) is 2. The van der Waals surface area contributed by atoms with Crippen molar-refractivity contribution in [2.45, 2.75) is 52.0 Å². The zero-order valence-corrected chi connectivity index (χ0v) is 14.1. The Bertz CT molecular complexity index is 634. The van der Waals surface area contributed by atoms with Gasteiger partial charge in [-0.1, -0.05) is 25.0 Å². The Hall–Kier alpha value is -2.37.